The molecule has 0 atom stereocenters. The van der Waals surface area contributed by atoms with Gasteiger partial charge in [0.1, 0.15) is 5.82 Å². The SMILES string of the molecule is CC(C)c1ncc2sc(=O)n(N)c2n1. The molecule has 0 fully saturated rings. The zero-order valence-electron chi connectivity index (χ0n) is 7.89. The fourth-order valence-electron chi connectivity index (χ4n) is 1.13. The molecule has 2 aromatic heterocycles. The summed E-state index contributed by atoms with van der Waals surface area (Å²) in [6.45, 7) is 3.99. The molecule has 0 saturated carbocycles. The topological polar surface area (TPSA) is 73.8 Å². The highest BCUT2D eigenvalue weighted by Gasteiger charge is 2.09. The zero-order chi connectivity index (χ0) is 10.3. The molecular weight excluding hydrogens is 200 g/mol. The minimum atomic E-state index is -0.213. The molecule has 0 amide bonds. The number of nitrogens with two attached hydrogens (primary N) is 1. The number of thiazole rings is 1. The fourth-order valence-corrected chi connectivity index (χ4v) is 1.84. The maximum absolute atomic E-state index is 11.2. The molecule has 2 heterocycles. The van der Waals surface area contributed by atoms with Crippen LogP contribution >= 0.6 is 11.3 Å². The van der Waals surface area contributed by atoms with Gasteiger partial charge in [0.15, 0.2) is 5.65 Å². The van der Waals surface area contributed by atoms with E-state index in [4.69, 9.17) is 5.84 Å². The Hall–Kier alpha value is -1.43. The highest BCUT2D eigenvalue weighted by atomic mass is 32.1. The molecule has 0 spiro atoms. The highest BCUT2D eigenvalue weighted by Crippen LogP contribution is 2.15. The van der Waals surface area contributed by atoms with E-state index in [9.17, 15) is 4.79 Å². The van der Waals surface area contributed by atoms with E-state index >= 15 is 0 Å². The van der Waals surface area contributed by atoms with Gasteiger partial charge >= 0.3 is 4.87 Å². The van der Waals surface area contributed by atoms with Crippen molar-refractivity contribution < 1.29 is 0 Å². The molecule has 0 bridgehead atoms. The average molecular weight is 210 g/mol. The molecule has 0 unspecified atom stereocenters. The summed E-state index contributed by atoms with van der Waals surface area (Å²) >= 11 is 1.06. The summed E-state index contributed by atoms with van der Waals surface area (Å²) < 4.78 is 1.79. The van der Waals surface area contributed by atoms with E-state index in [0.717, 1.165) is 20.7 Å². The maximum atomic E-state index is 11.2. The van der Waals surface area contributed by atoms with Gasteiger partial charge in [0.05, 0.1) is 10.9 Å². The van der Waals surface area contributed by atoms with Crippen LogP contribution in [0.2, 0.25) is 0 Å². The number of fused-ring (bicyclic) bond motifs is 1. The molecule has 0 aliphatic rings. The van der Waals surface area contributed by atoms with Gasteiger partial charge in [-0.3, -0.25) is 4.79 Å². The lowest BCUT2D eigenvalue weighted by Crippen LogP contribution is -2.21. The monoisotopic (exact) mass is 210 g/mol. The van der Waals surface area contributed by atoms with E-state index in [0.29, 0.717) is 11.5 Å². The smallest absolute Gasteiger partial charge is 0.327 e. The Morgan fingerprint density at radius 3 is 2.93 bits per heavy atom. The van der Waals surface area contributed by atoms with Gasteiger partial charge in [-0.15, -0.1) is 0 Å². The third-order valence-corrected chi connectivity index (χ3v) is 2.77. The molecule has 6 heteroatoms. The summed E-state index contributed by atoms with van der Waals surface area (Å²) in [6.07, 6.45) is 1.65. The van der Waals surface area contributed by atoms with Gasteiger partial charge < -0.3 is 5.84 Å². The van der Waals surface area contributed by atoms with Gasteiger partial charge in [-0.05, 0) is 0 Å². The van der Waals surface area contributed by atoms with E-state index < -0.39 is 0 Å². The quantitative estimate of drug-likeness (QED) is 0.703. The number of nitrogen functional groups attached to an aromatic ring is 1. The van der Waals surface area contributed by atoms with Crippen LogP contribution in [0.5, 0.6) is 0 Å². The van der Waals surface area contributed by atoms with Gasteiger partial charge in [-0.1, -0.05) is 25.2 Å². The van der Waals surface area contributed by atoms with Crippen molar-refractivity contribution >= 4 is 21.7 Å². The van der Waals surface area contributed by atoms with Crippen molar-refractivity contribution in [2.75, 3.05) is 5.84 Å². The molecule has 5 nitrogen and oxygen atoms in total. The largest absolute Gasteiger partial charge is 0.334 e. The van der Waals surface area contributed by atoms with Gasteiger partial charge in [0.2, 0.25) is 0 Å². The first-order valence-corrected chi connectivity index (χ1v) is 5.05. The zero-order valence-corrected chi connectivity index (χ0v) is 8.71. The van der Waals surface area contributed by atoms with Gasteiger partial charge in [-0.25, -0.2) is 9.97 Å². The Balaban J connectivity index is 2.76. The second kappa shape index (κ2) is 3.06. The first-order chi connectivity index (χ1) is 6.59. The summed E-state index contributed by atoms with van der Waals surface area (Å²) in [6, 6.07) is 0. The third kappa shape index (κ3) is 1.27. The molecule has 0 aliphatic heterocycles. The Labute approximate surface area is 84.2 Å². The molecule has 0 saturated heterocycles. The van der Waals surface area contributed by atoms with E-state index in [-0.39, 0.29) is 10.8 Å². The second-order valence-electron chi connectivity index (χ2n) is 3.31. The summed E-state index contributed by atoms with van der Waals surface area (Å²) in [7, 11) is 0. The Kier molecular flexibility index (Phi) is 1.99. The predicted octanol–water partition coefficient (Wildman–Crippen LogP) is 0.690. The van der Waals surface area contributed by atoms with Gasteiger partial charge in [0.25, 0.3) is 0 Å². The van der Waals surface area contributed by atoms with Crippen LogP contribution in [0.15, 0.2) is 11.0 Å². The summed E-state index contributed by atoms with van der Waals surface area (Å²) in [4.78, 5) is 19.4. The number of rotatable bonds is 1. The average Bonchev–Trinajstić information content (AvgIpc) is 2.43. The van der Waals surface area contributed by atoms with Gasteiger partial charge in [-0.2, -0.15) is 4.68 Å². The molecule has 2 rings (SSSR count). The second-order valence-corrected chi connectivity index (χ2v) is 4.30. The van der Waals surface area contributed by atoms with Crippen molar-refractivity contribution in [2.45, 2.75) is 19.8 Å². The first-order valence-electron chi connectivity index (χ1n) is 4.23. The van der Waals surface area contributed by atoms with E-state index in [1.807, 2.05) is 13.8 Å². The molecule has 14 heavy (non-hydrogen) atoms. The molecule has 0 aliphatic carbocycles. The molecule has 2 N–H and O–H groups in total. The number of hydrogen-bond donors (Lipinski definition) is 1. The number of aromatic nitrogens is 3. The normalized spacial score (nSPS) is 11.4. The minimum Gasteiger partial charge on any atom is -0.334 e. The van der Waals surface area contributed by atoms with Crippen molar-refractivity contribution in [3.8, 4) is 0 Å². The third-order valence-electron chi connectivity index (χ3n) is 1.89. The van der Waals surface area contributed by atoms with E-state index in [1.54, 1.807) is 6.20 Å². The molecule has 0 aromatic carbocycles. The van der Waals surface area contributed by atoms with Crippen LogP contribution in [-0.2, 0) is 0 Å². The fraction of sp³-hybridized carbons (Fsp3) is 0.375. The van der Waals surface area contributed by atoms with Crippen LogP contribution in [0.4, 0.5) is 0 Å². The number of hydrogen-bond acceptors (Lipinski definition) is 5. The lowest BCUT2D eigenvalue weighted by atomic mass is 10.2. The standard InChI is InChI=1S/C8H10N4OS/c1-4(2)6-10-3-5-7(11-6)12(9)8(13)14-5/h3-4H,9H2,1-2H3. The van der Waals surface area contributed by atoms with Crippen molar-refractivity contribution in [3.63, 3.8) is 0 Å². The van der Waals surface area contributed by atoms with Crippen LogP contribution in [0.25, 0.3) is 10.3 Å². The number of nitrogens with zero attached hydrogens (tertiary/aromatic N) is 3. The predicted molar refractivity (Wildman–Crippen MR) is 55.9 cm³/mol. The first kappa shape index (κ1) is 9.14. The summed E-state index contributed by atoms with van der Waals surface area (Å²) in [5.41, 5.74) is 0.513. The summed E-state index contributed by atoms with van der Waals surface area (Å²) in [5, 5.41) is 0. The van der Waals surface area contributed by atoms with Crippen LogP contribution < -0.4 is 10.7 Å². The van der Waals surface area contributed by atoms with Crippen LogP contribution in [0.3, 0.4) is 0 Å². The van der Waals surface area contributed by atoms with Crippen molar-refractivity contribution in [3.05, 3.63) is 21.7 Å². The Morgan fingerprint density at radius 2 is 2.29 bits per heavy atom. The highest BCUT2D eigenvalue weighted by molar-refractivity contribution is 7.16. The lowest BCUT2D eigenvalue weighted by Gasteiger charge is -2.02. The summed E-state index contributed by atoms with van der Waals surface area (Å²) in [5.74, 6) is 6.47. The van der Waals surface area contributed by atoms with Gasteiger partial charge in [0, 0.05) is 5.92 Å². The minimum absolute atomic E-state index is 0.213. The van der Waals surface area contributed by atoms with Crippen molar-refractivity contribution in [2.24, 2.45) is 0 Å². The Morgan fingerprint density at radius 1 is 1.57 bits per heavy atom. The van der Waals surface area contributed by atoms with Crippen LogP contribution in [0.1, 0.15) is 25.6 Å². The van der Waals surface area contributed by atoms with E-state index in [2.05, 4.69) is 9.97 Å². The molecular formula is C8H10N4OS. The van der Waals surface area contributed by atoms with Crippen molar-refractivity contribution in [1.29, 1.82) is 0 Å². The Bertz CT molecular complexity index is 528. The molecule has 0 radical (unpaired) electrons. The van der Waals surface area contributed by atoms with E-state index in [1.165, 1.54) is 0 Å². The molecule has 2 aromatic rings. The van der Waals surface area contributed by atoms with Crippen LogP contribution in [-0.4, -0.2) is 14.6 Å². The van der Waals surface area contributed by atoms with Crippen molar-refractivity contribution in [1.82, 2.24) is 14.6 Å². The molecule has 74 valence electrons. The lowest BCUT2D eigenvalue weighted by molar-refractivity contribution is 0.777. The maximum Gasteiger partial charge on any atom is 0.327 e. The van der Waals surface area contributed by atoms with Crippen LogP contribution in [0, 0.1) is 0 Å².